The molecule has 0 N–H and O–H groups in total. The van der Waals surface area contributed by atoms with Crippen LogP contribution in [0.25, 0.3) is 22.2 Å². The molecule has 0 atom stereocenters. The highest BCUT2D eigenvalue weighted by Crippen LogP contribution is 2.23. The number of rotatable bonds is 4. The summed E-state index contributed by atoms with van der Waals surface area (Å²) in [7, 11) is 0. The molecule has 7 heteroatoms. The standard InChI is InChI=1S/C24H21FN4O2/c25-21-7-3-6-20(15-21)24(30)29-12-10-28(11-13-29)16-22-26-23(31-27-22)19-9-8-17-4-1-2-5-18(17)14-19/h1-9,14-15H,10-13,16H2. The van der Waals surface area contributed by atoms with E-state index in [4.69, 9.17) is 4.52 Å². The number of benzene rings is 3. The number of hydrogen-bond acceptors (Lipinski definition) is 5. The quantitative estimate of drug-likeness (QED) is 0.504. The van der Waals surface area contributed by atoms with E-state index in [-0.39, 0.29) is 5.91 Å². The van der Waals surface area contributed by atoms with Crippen LogP contribution in [-0.2, 0) is 6.54 Å². The molecule has 4 aromatic rings. The minimum atomic E-state index is -0.399. The van der Waals surface area contributed by atoms with Crippen LogP contribution in [0.4, 0.5) is 4.39 Å². The minimum Gasteiger partial charge on any atom is -0.336 e. The van der Waals surface area contributed by atoms with Crippen molar-refractivity contribution in [1.82, 2.24) is 19.9 Å². The molecule has 3 aromatic carbocycles. The van der Waals surface area contributed by atoms with Gasteiger partial charge in [0.1, 0.15) is 5.82 Å². The first kappa shape index (κ1) is 19.4. The Balaban J connectivity index is 1.21. The summed E-state index contributed by atoms with van der Waals surface area (Å²) in [6, 6.07) is 20.0. The second kappa shape index (κ2) is 8.28. The number of aromatic nitrogens is 2. The lowest BCUT2D eigenvalue weighted by Gasteiger charge is -2.34. The summed E-state index contributed by atoms with van der Waals surface area (Å²) in [5.74, 6) is 0.579. The van der Waals surface area contributed by atoms with E-state index in [0.717, 1.165) is 16.3 Å². The lowest BCUT2D eigenvalue weighted by atomic mass is 10.1. The van der Waals surface area contributed by atoms with E-state index in [1.54, 1.807) is 17.0 Å². The molecule has 0 saturated carbocycles. The number of hydrogen-bond donors (Lipinski definition) is 0. The van der Waals surface area contributed by atoms with Gasteiger partial charge in [-0.05, 0) is 41.1 Å². The zero-order chi connectivity index (χ0) is 21.2. The van der Waals surface area contributed by atoms with E-state index in [0.29, 0.717) is 50.0 Å². The first-order valence-electron chi connectivity index (χ1n) is 10.2. The van der Waals surface area contributed by atoms with E-state index >= 15 is 0 Å². The molecule has 2 heterocycles. The summed E-state index contributed by atoms with van der Waals surface area (Å²) in [5.41, 5.74) is 1.27. The predicted octanol–water partition coefficient (Wildman–Crippen LogP) is 3.99. The Hall–Kier alpha value is -3.58. The molecule has 5 rings (SSSR count). The maximum absolute atomic E-state index is 13.4. The molecule has 1 aliphatic rings. The van der Waals surface area contributed by atoms with Crippen LogP contribution in [0, 0.1) is 5.82 Å². The Morgan fingerprint density at radius 1 is 0.935 bits per heavy atom. The summed E-state index contributed by atoms with van der Waals surface area (Å²) in [6.45, 7) is 3.09. The van der Waals surface area contributed by atoms with Gasteiger partial charge in [0, 0.05) is 37.3 Å². The molecule has 1 aromatic heterocycles. The predicted molar refractivity (Wildman–Crippen MR) is 115 cm³/mol. The van der Waals surface area contributed by atoms with E-state index in [2.05, 4.69) is 27.2 Å². The summed E-state index contributed by atoms with van der Waals surface area (Å²) < 4.78 is 18.9. The van der Waals surface area contributed by atoms with Crippen molar-refractivity contribution >= 4 is 16.7 Å². The second-order valence-corrected chi connectivity index (χ2v) is 7.66. The van der Waals surface area contributed by atoms with Crippen molar-refractivity contribution in [3.05, 3.63) is 83.9 Å². The molecule has 31 heavy (non-hydrogen) atoms. The highest BCUT2D eigenvalue weighted by atomic mass is 19.1. The van der Waals surface area contributed by atoms with Crippen LogP contribution in [0.2, 0.25) is 0 Å². The fraction of sp³-hybridized carbons (Fsp3) is 0.208. The SMILES string of the molecule is O=C(c1cccc(F)c1)N1CCN(Cc2noc(-c3ccc4ccccc4c3)n2)CC1. The summed E-state index contributed by atoms with van der Waals surface area (Å²) in [4.78, 5) is 21.1. The Morgan fingerprint density at radius 3 is 2.55 bits per heavy atom. The molecule has 6 nitrogen and oxygen atoms in total. The number of halogens is 1. The molecular weight excluding hydrogens is 395 g/mol. The molecule has 0 unspecified atom stereocenters. The average molecular weight is 416 g/mol. The smallest absolute Gasteiger partial charge is 0.257 e. The summed E-state index contributed by atoms with van der Waals surface area (Å²) in [5, 5.41) is 6.42. The third-order valence-corrected chi connectivity index (χ3v) is 5.56. The zero-order valence-electron chi connectivity index (χ0n) is 16.9. The zero-order valence-corrected chi connectivity index (χ0v) is 16.9. The van der Waals surface area contributed by atoms with Gasteiger partial charge in [-0.15, -0.1) is 0 Å². The van der Waals surface area contributed by atoms with E-state index in [1.165, 1.54) is 12.1 Å². The van der Waals surface area contributed by atoms with Gasteiger partial charge >= 0.3 is 0 Å². The van der Waals surface area contributed by atoms with Crippen molar-refractivity contribution in [2.75, 3.05) is 26.2 Å². The van der Waals surface area contributed by atoms with Crippen LogP contribution in [0.3, 0.4) is 0 Å². The van der Waals surface area contributed by atoms with Crippen LogP contribution < -0.4 is 0 Å². The van der Waals surface area contributed by atoms with E-state index in [1.807, 2.05) is 30.3 Å². The highest BCUT2D eigenvalue weighted by Gasteiger charge is 2.23. The summed E-state index contributed by atoms with van der Waals surface area (Å²) >= 11 is 0. The van der Waals surface area contributed by atoms with Gasteiger partial charge in [0.2, 0.25) is 0 Å². The van der Waals surface area contributed by atoms with Crippen molar-refractivity contribution in [2.24, 2.45) is 0 Å². The number of carbonyl (C=O) groups is 1. The second-order valence-electron chi connectivity index (χ2n) is 7.66. The Labute approximate surface area is 178 Å². The fourth-order valence-electron chi connectivity index (χ4n) is 3.87. The molecule has 0 radical (unpaired) electrons. The van der Waals surface area contributed by atoms with Gasteiger partial charge in [0.25, 0.3) is 11.8 Å². The lowest BCUT2D eigenvalue weighted by molar-refractivity contribution is 0.0624. The molecule has 1 aliphatic heterocycles. The topological polar surface area (TPSA) is 62.5 Å². The van der Waals surface area contributed by atoms with Crippen molar-refractivity contribution in [1.29, 1.82) is 0 Å². The number of nitrogens with zero attached hydrogens (tertiary/aromatic N) is 4. The molecule has 1 saturated heterocycles. The van der Waals surface area contributed by atoms with E-state index in [9.17, 15) is 9.18 Å². The van der Waals surface area contributed by atoms with Gasteiger partial charge < -0.3 is 9.42 Å². The maximum Gasteiger partial charge on any atom is 0.257 e. The molecule has 1 fully saturated rings. The van der Waals surface area contributed by atoms with Gasteiger partial charge in [-0.2, -0.15) is 4.98 Å². The third-order valence-electron chi connectivity index (χ3n) is 5.56. The van der Waals surface area contributed by atoms with Gasteiger partial charge in [0.15, 0.2) is 5.82 Å². The van der Waals surface area contributed by atoms with Crippen LogP contribution in [0.15, 0.2) is 71.3 Å². The van der Waals surface area contributed by atoms with Gasteiger partial charge in [-0.25, -0.2) is 4.39 Å². The number of carbonyl (C=O) groups excluding carboxylic acids is 1. The highest BCUT2D eigenvalue weighted by molar-refractivity contribution is 5.94. The average Bonchev–Trinajstić information content (AvgIpc) is 3.27. The van der Waals surface area contributed by atoms with Crippen molar-refractivity contribution in [3.8, 4) is 11.5 Å². The Kier molecular flexibility index (Phi) is 5.18. The first-order valence-corrected chi connectivity index (χ1v) is 10.2. The number of piperazine rings is 1. The monoisotopic (exact) mass is 416 g/mol. The minimum absolute atomic E-state index is 0.141. The van der Waals surface area contributed by atoms with Crippen LogP contribution >= 0.6 is 0 Å². The molecule has 0 spiro atoms. The first-order chi connectivity index (χ1) is 15.2. The van der Waals surface area contributed by atoms with E-state index < -0.39 is 5.82 Å². The van der Waals surface area contributed by atoms with Crippen LogP contribution in [0.1, 0.15) is 16.2 Å². The van der Waals surface area contributed by atoms with Crippen molar-refractivity contribution in [3.63, 3.8) is 0 Å². The number of amides is 1. The molecule has 0 bridgehead atoms. The maximum atomic E-state index is 13.4. The van der Waals surface area contributed by atoms with Crippen LogP contribution in [-0.4, -0.2) is 52.0 Å². The molecular formula is C24H21FN4O2. The normalized spacial score (nSPS) is 14.8. The van der Waals surface area contributed by atoms with Crippen molar-refractivity contribution in [2.45, 2.75) is 6.54 Å². The Morgan fingerprint density at radius 2 is 1.74 bits per heavy atom. The van der Waals surface area contributed by atoms with Crippen molar-refractivity contribution < 1.29 is 13.7 Å². The third kappa shape index (κ3) is 4.18. The molecule has 1 amide bonds. The molecule has 156 valence electrons. The van der Waals surface area contributed by atoms with Crippen LogP contribution in [0.5, 0.6) is 0 Å². The largest absolute Gasteiger partial charge is 0.336 e. The van der Waals surface area contributed by atoms with Gasteiger partial charge in [-0.3, -0.25) is 9.69 Å². The van der Waals surface area contributed by atoms with Gasteiger partial charge in [-0.1, -0.05) is 41.6 Å². The Bertz CT molecular complexity index is 1230. The number of fused-ring (bicyclic) bond motifs is 1. The molecule has 0 aliphatic carbocycles. The fourth-order valence-corrected chi connectivity index (χ4v) is 3.87. The van der Waals surface area contributed by atoms with Gasteiger partial charge in [0.05, 0.1) is 6.54 Å². The summed E-state index contributed by atoms with van der Waals surface area (Å²) in [6.07, 6.45) is 0. The lowest BCUT2D eigenvalue weighted by Crippen LogP contribution is -2.48.